The predicted octanol–water partition coefficient (Wildman–Crippen LogP) is 4.67. The standard InChI is InChI=1S/C39H50FN3O10S/c1-7-26-18-39(26,36(48)41-54(50,51)29-13-14-29)19-33(45)32-17-28(52-37(49)42-20-25-9-8-10-31(40)30(25)22-42)21-43(32)35(47)24(11-12-27(44)15-23(2)3)16-34(46)53-38(4,5)6/h7-10,15,24,26,28-29,32H,1,11-14,16-22H2,2-6H3,(H,41,48)/t24-,26-,28?,32+,39-/m1/s1. The van der Waals surface area contributed by atoms with Crippen LogP contribution in [0.3, 0.4) is 0 Å². The second-order valence-corrected chi connectivity index (χ2v) is 18.2. The molecule has 4 aliphatic rings. The highest BCUT2D eigenvalue weighted by Crippen LogP contribution is 2.57. The highest BCUT2D eigenvalue weighted by Gasteiger charge is 2.61. The molecule has 1 N–H and O–H groups in total. The lowest BCUT2D eigenvalue weighted by atomic mass is 9.90. The number of rotatable bonds is 15. The number of hydrogen-bond acceptors (Lipinski definition) is 10. The van der Waals surface area contributed by atoms with E-state index in [0.29, 0.717) is 24.0 Å². The molecule has 1 aromatic carbocycles. The number of sulfonamides is 1. The molecule has 0 aromatic heterocycles. The van der Waals surface area contributed by atoms with Crippen LogP contribution in [0.4, 0.5) is 9.18 Å². The topological polar surface area (TPSA) is 174 Å². The summed E-state index contributed by atoms with van der Waals surface area (Å²) in [5, 5.41) is -0.668. The van der Waals surface area contributed by atoms with Crippen LogP contribution in [0.2, 0.25) is 0 Å². The molecule has 3 fully saturated rings. The Morgan fingerprint density at radius 2 is 1.81 bits per heavy atom. The maximum atomic E-state index is 14.4. The van der Waals surface area contributed by atoms with Crippen molar-refractivity contribution >= 4 is 45.5 Å². The second-order valence-electron chi connectivity index (χ2n) is 16.2. The Hall–Kier alpha value is -4.40. The summed E-state index contributed by atoms with van der Waals surface area (Å²) in [6.07, 6.45) is 1.16. The lowest BCUT2D eigenvalue weighted by Crippen LogP contribution is -2.46. The number of nitrogens with one attached hydrogen (secondary N) is 1. The number of ketones is 2. The van der Waals surface area contributed by atoms with Crippen LogP contribution in [0, 0.1) is 23.1 Å². The Morgan fingerprint density at radius 1 is 1.11 bits per heavy atom. The van der Waals surface area contributed by atoms with E-state index in [1.165, 1.54) is 28.0 Å². The van der Waals surface area contributed by atoms with Crippen LogP contribution in [-0.2, 0) is 56.6 Å². The average molecular weight is 772 g/mol. The van der Waals surface area contributed by atoms with Crippen molar-refractivity contribution in [1.29, 1.82) is 0 Å². The molecule has 13 nitrogen and oxygen atoms in total. The number of likely N-dealkylation sites (tertiary alicyclic amines) is 1. The van der Waals surface area contributed by atoms with Crippen molar-refractivity contribution in [2.24, 2.45) is 17.3 Å². The number of benzene rings is 1. The van der Waals surface area contributed by atoms with Crippen molar-refractivity contribution in [2.75, 3.05) is 6.54 Å². The molecule has 5 atom stereocenters. The maximum absolute atomic E-state index is 14.4. The molecular formula is C39H50FN3O10S. The van der Waals surface area contributed by atoms with E-state index in [1.807, 2.05) is 0 Å². The Kier molecular flexibility index (Phi) is 11.9. The maximum Gasteiger partial charge on any atom is 0.410 e. The Labute approximate surface area is 315 Å². The third-order valence-electron chi connectivity index (χ3n) is 10.3. The number of amides is 3. The number of ether oxygens (including phenoxy) is 2. The summed E-state index contributed by atoms with van der Waals surface area (Å²) in [5.74, 6) is -4.97. The van der Waals surface area contributed by atoms with E-state index in [4.69, 9.17) is 9.47 Å². The van der Waals surface area contributed by atoms with Gasteiger partial charge in [-0.2, -0.15) is 0 Å². The molecule has 2 aliphatic heterocycles. The Bertz CT molecular complexity index is 1860. The van der Waals surface area contributed by atoms with Crippen LogP contribution < -0.4 is 4.72 Å². The van der Waals surface area contributed by atoms with Gasteiger partial charge in [-0.25, -0.2) is 17.6 Å². The summed E-state index contributed by atoms with van der Waals surface area (Å²) in [7, 11) is -3.92. The van der Waals surface area contributed by atoms with E-state index in [-0.39, 0.29) is 57.5 Å². The fraction of sp³-hybridized carbons (Fsp3) is 0.590. The van der Waals surface area contributed by atoms with Gasteiger partial charge in [-0.05, 0) is 83.9 Å². The molecule has 0 bridgehead atoms. The number of halogens is 1. The van der Waals surface area contributed by atoms with Gasteiger partial charge in [0, 0.05) is 37.3 Å². The van der Waals surface area contributed by atoms with Gasteiger partial charge in [0.2, 0.25) is 21.8 Å². The van der Waals surface area contributed by atoms with Crippen molar-refractivity contribution in [2.45, 2.75) is 122 Å². The number of esters is 1. The van der Waals surface area contributed by atoms with Crippen molar-refractivity contribution in [3.05, 3.63) is 59.4 Å². The van der Waals surface area contributed by atoms with Crippen molar-refractivity contribution in [3.8, 4) is 0 Å². The summed E-state index contributed by atoms with van der Waals surface area (Å²) in [6.45, 7) is 12.1. The van der Waals surface area contributed by atoms with Crippen LogP contribution in [0.1, 0.15) is 97.1 Å². The van der Waals surface area contributed by atoms with Gasteiger partial charge in [0.1, 0.15) is 17.5 Å². The summed E-state index contributed by atoms with van der Waals surface area (Å²) in [6, 6.07) is 3.34. The number of carbonyl (C=O) groups is 6. The van der Waals surface area contributed by atoms with Crippen molar-refractivity contribution < 1.29 is 51.0 Å². The molecule has 0 radical (unpaired) electrons. The third kappa shape index (κ3) is 9.63. The first-order valence-corrected chi connectivity index (χ1v) is 19.9. The van der Waals surface area contributed by atoms with Crippen LogP contribution in [-0.4, -0.2) is 83.2 Å². The van der Waals surface area contributed by atoms with Gasteiger partial charge < -0.3 is 14.4 Å². The summed E-state index contributed by atoms with van der Waals surface area (Å²) in [4.78, 5) is 83.9. The van der Waals surface area contributed by atoms with Gasteiger partial charge in [-0.3, -0.25) is 33.6 Å². The van der Waals surface area contributed by atoms with E-state index < -0.39 is 92.2 Å². The molecule has 5 rings (SSSR count). The van der Waals surface area contributed by atoms with Gasteiger partial charge in [0.15, 0.2) is 11.6 Å². The minimum Gasteiger partial charge on any atom is -0.460 e. The number of hydrogen-bond donors (Lipinski definition) is 1. The highest BCUT2D eigenvalue weighted by atomic mass is 32.2. The lowest BCUT2D eigenvalue weighted by molar-refractivity contribution is -0.159. The molecular weight excluding hydrogens is 722 g/mol. The van der Waals surface area contributed by atoms with Gasteiger partial charge in [0.05, 0.1) is 36.2 Å². The SMILES string of the molecule is C=C[C@@H]1C[C@]1(CC(=O)[C@@H]1CC(OC(=O)N2Cc3cccc(F)c3C2)CN1C(=O)[C@H](CCC(=O)C=C(C)C)CC(=O)OC(C)(C)C)C(=O)NS(=O)(=O)C1CC1. The smallest absolute Gasteiger partial charge is 0.410 e. The molecule has 1 aromatic rings. The van der Waals surface area contributed by atoms with E-state index >= 15 is 0 Å². The van der Waals surface area contributed by atoms with Gasteiger partial charge >= 0.3 is 12.1 Å². The first kappa shape index (κ1) is 40.8. The zero-order chi connectivity index (χ0) is 39.7. The first-order chi connectivity index (χ1) is 25.2. The lowest BCUT2D eigenvalue weighted by Gasteiger charge is -2.29. The van der Waals surface area contributed by atoms with E-state index in [0.717, 1.165) is 5.57 Å². The van der Waals surface area contributed by atoms with Gasteiger partial charge in [0.25, 0.3) is 0 Å². The summed E-state index contributed by atoms with van der Waals surface area (Å²) < 4.78 is 53.3. The van der Waals surface area contributed by atoms with E-state index in [2.05, 4.69) is 11.3 Å². The van der Waals surface area contributed by atoms with Gasteiger partial charge in [-0.1, -0.05) is 23.8 Å². The number of Topliss-reactive ketones (excluding diaryl/α,β-unsaturated/α-hetero) is 1. The number of nitrogens with zero attached hydrogens (tertiary/aromatic N) is 2. The van der Waals surface area contributed by atoms with Crippen molar-refractivity contribution in [3.63, 3.8) is 0 Å². The summed E-state index contributed by atoms with van der Waals surface area (Å²) in [5.41, 5.74) is -0.506. The minimum atomic E-state index is -3.92. The van der Waals surface area contributed by atoms with Crippen LogP contribution in [0.15, 0.2) is 42.5 Å². The Morgan fingerprint density at radius 3 is 2.41 bits per heavy atom. The van der Waals surface area contributed by atoms with Crippen LogP contribution in [0.5, 0.6) is 0 Å². The molecule has 3 amide bonds. The normalized spacial score (nSPS) is 23.9. The Balaban J connectivity index is 1.39. The molecule has 54 heavy (non-hydrogen) atoms. The molecule has 2 saturated carbocycles. The van der Waals surface area contributed by atoms with Crippen LogP contribution in [0.25, 0.3) is 0 Å². The highest BCUT2D eigenvalue weighted by molar-refractivity contribution is 7.90. The van der Waals surface area contributed by atoms with Crippen LogP contribution >= 0.6 is 0 Å². The van der Waals surface area contributed by atoms with E-state index in [1.54, 1.807) is 46.8 Å². The molecule has 15 heteroatoms. The molecule has 1 unspecified atom stereocenters. The molecule has 2 heterocycles. The number of allylic oxidation sites excluding steroid dienone is 3. The number of carbonyl (C=O) groups excluding carboxylic acids is 6. The van der Waals surface area contributed by atoms with Gasteiger partial charge in [-0.15, -0.1) is 6.58 Å². The zero-order valence-corrected chi connectivity index (χ0v) is 32.3. The fourth-order valence-corrected chi connectivity index (χ4v) is 8.69. The summed E-state index contributed by atoms with van der Waals surface area (Å²) >= 11 is 0. The average Bonchev–Trinajstić information content (AvgIpc) is 3.96. The largest absolute Gasteiger partial charge is 0.460 e. The van der Waals surface area contributed by atoms with E-state index in [9.17, 15) is 41.6 Å². The van der Waals surface area contributed by atoms with Crippen molar-refractivity contribution in [1.82, 2.24) is 14.5 Å². The molecule has 0 spiro atoms. The molecule has 294 valence electrons. The molecule has 1 saturated heterocycles. The fourth-order valence-electron chi connectivity index (χ4n) is 7.31. The molecule has 2 aliphatic carbocycles. The third-order valence-corrected chi connectivity index (χ3v) is 12.1. The zero-order valence-electron chi connectivity index (χ0n) is 31.5. The monoisotopic (exact) mass is 771 g/mol. The second kappa shape index (κ2) is 15.8. The number of fused-ring (bicyclic) bond motifs is 1. The predicted molar refractivity (Wildman–Crippen MR) is 194 cm³/mol. The quantitative estimate of drug-likeness (QED) is 0.150. The first-order valence-electron chi connectivity index (χ1n) is 18.4. The minimum absolute atomic E-state index is 0.0272.